The predicted molar refractivity (Wildman–Crippen MR) is 306 cm³/mol. The van der Waals surface area contributed by atoms with Gasteiger partial charge in [-0.3, -0.25) is 4.57 Å². The van der Waals surface area contributed by atoms with Crippen LogP contribution in [0.3, 0.4) is 0 Å². The molecule has 2 heteroatoms. The highest BCUT2D eigenvalue weighted by Crippen LogP contribution is 2.48. The highest BCUT2D eigenvalue weighted by Gasteiger charge is 2.27. The van der Waals surface area contributed by atoms with E-state index < -0.39 is 0 Å². The summed E-state index contributed by atoms with van der Waals surface area (Å²) in [6, 6.07) is 80.9. The Morgan fingerprint density at radius 1 is 0.403 bits per heavy atom. The Balaban J connectivity index is 1.06. The summed E-state index contributed by atoms with van der Waals surface area (Å²) in [5, 5.41) is 4.89. The molecule has 2 aliphatic rings. The van der Waals surface area contributed by atoms with Gasteiger partial charge in [0.05, 0.1) is 11.0 Å². The number of nitrogens with zero attached hydrogens (tertiary/aromatic N) is 2. The molecule has 0 radical (unpaired) electrons. The maximum atomic E-state index is 5.23. The fraction of sp³-hybridized carbons (Fsp3) is 0.0714. The Morgan fingerprint density at radius 3 is 1.54 bits per heavy atom. The van der Waals surface area contributed by atoms with Crippen LogP contribution in [-0.4, -0.2) is 9.55 Å². The zero-order valence-corrected chi connectivity index (χ0v) is 40.3. The van der Waals surface area contributed by atoms with Gasteiger partial charge < -0.3 is 0 Å². The lowest BCUT2D eigenvalue weighted by Crippen LogP contribution is -2.19. The minimum absolute atomic E-state index is 0.163. The van der Waals surface area contributed by atoms with E-state index in [1.807, 2.05) is 0 Å². The molecule has 1 atom stereocenters. The molecule has 1 unspecified atom stereocenters. The number of benzene rings is 10. The number of aromatic nitrogens is 2. The van der Waals surface area contributed by atoms with Crippen LogP contribution in [0.1, 0.15) is 31.7 Å². The Bertz CT molecular complexity index is 3920. The van der Waals surface area contributed by atoms with Crippen LogP contribution in [0.5, 0.6) is 0 Å². The van der Waals surface area contributed by atoms with Crippen molar-refractivity contribution in [3.8, 4) is 78.1 Å². The van der Waals surface area contributed by atoms with Crippen LogP contribution >= 0.6 is 0 Å². The second kappa shape index (κ2) is 18.2. The van der Waals surface area contributed by atoms with Gasteiger partial charge in [-0.05, 0) is 162 Å². The van der Waals surface area contributed by atoms with E-state index in [9.17, 15) is 0 Å². The van der Waals surface area contributed by atoms with Crippen LogP contribution < -0.4 is 0 Å². The predicted octanol–water partition coefficient (Wildman–Crippen LogP) is 19.0. The molecular weight excluding hydrogens is 869 g/mol. The van der Waals surface area contributed by atoms with Crippen molar-refractivity contribution < 1.29 is 0 Å². The summed E-state index contributed by atoms with van der Waals surface area (Å²) in [4.78, 5) is 5.23. The molecule has 11 aromatic rings. The average Bonchev–Trinajstić information content (AvgIpc) is 3.85. The van der Waals surface area contributed by atoms with Gasteiger partial charge >= 0.3 is 0 Å². The molecule has 0 aliphatic heterocycles. The number of hydrogen-bond donors (Lipinski definition) is 0. The van der Waals surface area contributed by atoms with Crippen LogP contribution in [0.4, 0.5) is 0 Å². The molecular formula is C70H52N2. The van der Waals surface area contributed by atoms with Crippen LogP contribution in [0.15, 0.2) is 261 Å². The maximum absolute atomic E-state index is 5.23. The van der Waals surface area contributed by atoms with Gasteiger partial charge in [0.25, 0.3) is 0 Å². The van der Waals surface area contributed by atoms with Gasteiger partial charge in [-0.1, -0.05) is 219 Å². The monoisotopic (exact) mass is 920 g/mol. The fourth-order valence-corrected chi connectivity index (χ4v) is 11.3. The van der Waals surface area contributed by atoms with Crippen molar-refractivity contribution in [1.82, 2.24) is 9.55 Å². The van der Waals surface area contributed by atoms with Crippen molar-refractivity contribution in [2.45, 2.75) is 31.6 Å². The third-order valence-corrected chi connectivity index (χ3v) is 15.0. The smallest absolute Gasteiger partial charge is 0.145 e. The first-order chi connectivity index (χ1) is 35.5. The normalized spacial score (nSPS) is 15.4. The molecule has 342 valence electrons. The molecule has 0 N–H and O–H groups in total. The number of para-hydroxylation sites is 2. The van der Waals surface area contributed by atoms with Crippen molar-refractivity contribution in [3.63, 3.8) is 0 Å². The lowest BCUT2D eigenvalue weighted by atomic mass is 9.75. The fourth-order valence-electron chi connectivity index (χ4n) is 11.3. The zero-order valence-electron chi connectivity index (χ0n) is 40.3. The first kappa shape index (κ1) is 43.2. The van der Waals surface area contributed by atoms with E-state index in [1.54, 1.807) is 0 Å². The van der Waals surface area contributed by atoms with E-state index >= 15 is 0 Å². The van der Waals surface area contributed by atoms with Crippen molar-refractivity contribution in [1.29, 1.82) is 0 Å². The number of rotatable bonds is 9. The van der Waals surface area contributed by atoms with Gasteiger partial charge in [-0.2, -0.15) is 0 Å². The average molecular weight is 921 g/mol. The van der Waals surface area contributed by atoms with Crippen molar-refractivity contribution >= 4 is 38.3 Å². The summed E-state index contributed by atoms with van der Waals surface area (Å²) in [5.41, 5.74) is 20.1. The number of fused-ring (bicyclic) bond motifs is 3. The topological polar surface area (TPSA) is 17.8 Å². The van der Waals surface area contributed by atoms with Gasteiger partial charge in [0.2, 0.25) is 0 Å². The molecule has 1 aromatic heterocycles. The summed E-state index contributed by atoms with van der Waals surface area (Å²) in [7, 11) is 0. The van der Waals surface area contributed by atoms with Gasteiger partial charge in [0.1, 0.15) is 5.82 Å². The number of allylic oxidation sites excluding steroid dienone is 8. The van der Waals surface area contributed by atoms with E-state index in [0.717, 1.165) is 47.2 Å². The lowest BCUT2D eigenvalue weighted by Gasteiger charge is -2.29. The van der Waals surface area contributed by atoms with E-state index in [2.05, 4.69) is 272 Å². The van der Waals surface area contributed by atoms with Gasteiger partial charge in [0.15, 0.2) is 0 Å². The van der Waals surface area contributed by atoms with Gasteiger partial charge in [-0.15, -0.1) is 0 Å². The minimum Gasteiger partial charge on any atom is -0.296 e. The molecule has 2 nitrogen and oxygen atoms in total. The van der Waals surface area contributed by atoms with Crippen molar-refractivity contribution in [2.24, 2.45) is 0 Å². The Morgan fingerprint density at radius 2 is 0.917 bits per heavy atom. The second-order valence-corrected chi connectivity index (χ2v) is 19.6. The first-order valence-corrected chi connectivity index (χ1v) is 25.3. The highest BCUT2D eigenvalue weighted by atomic mass is 15.1. The van der Waals surface area contributed by atoms with Crippen molar-refractivity contribution in [2.75, 3.05) is 0 Å². The largest absolute Gasteiger partial charge is 0.296 e. The third-order valence-electron chi connectivity index (χ3n) is 15.0. The molecule has 0 fully saturated rings. The van der Waals surface area contributed by atoms with Gasteiger partial charge in [-0.25, -0.2) is 4.98 Å². The third kappa shape index (κ3) is 7.82. The van der Waals surface area contributed by atoms with E-state index in [1.165, 1.54) is 94.0 Å². The molecule has 0 saturated heterocycles. The molecule has 0 amide bonds. The number of hydrogen-bond acceptors (Lipinski definition) is 1. The SMILES string of the molecule is CC1(c2cc(-c3ccccc3)cc(-c3c4ccccc4c(-c4cc(-c5ccccc5)cc(-c5ccccc5)c4)c4ccc(-c5ccc(-c6nc7ccccc7n6C6=CC=CCC6)cc5)cc34)c2)C=CC=CC1. The quantitative estimate of drug-likeness (QED) is 0.132. The summed E-state index contributed by atoms with van der Waals surface area (Å²) < 4.78 is 2.36. The maximum Gasteiger partial charge on any atom is 0.145 e. The Kier molecular flexibility index (Phi) is 10.9. The summed E-state index contributed by atoms with van der Waals surface area (Å²) in [6.07, 6.45) is 18.7. The van der Waals surface area contributed by atoms with Crippen molar-refractivity contribution in [3.05, 3.63) is 266 Å². The van der Waals surface area contributed by atoms with E-state index in [0.29, 0.717) is 0 Å². The molecule has 0 saturated carbocycles. The molecule has 0 spiro atoms. The second-order valence-electron chi connectivity index (χ2n) is 19.6. The molecule has 10 aromatic carbocycles. The van der Waals surface area contributed by atoms with Crippen LogP contribution in [0.25, 0.3) is 116 Å². The molecule has 0 bridgehead atoms. The highest BCUT2D eigenvalue weighted by molar-refractivity contribution is 6.22. The lowest BCUT2D eigenvalue weighted by molar-refractivity contribution is 0.600. The number of imidazole rings is 1. The Hall–Kier alpha value is -8.85. The standard InChI is InChI=1S/C70H52N2/c1-70(39-19-6-20-40-70)59-45-56(50-25-11-4-12-26-50)44-58(46-59)68-62-30-16-15-29-61(62)67(57-42-54(48-21-7-2-8-22-48)41-55(43-57)49-23-9-3-10-24-49)63-38-37-53(47-64(63)68)51-33-35-52(36-34-51)69-71-65-31-17-18-32-66(65)72(69)60-27-13-5-14-28-60/h2-13,15-27,29-39,41-47H,14,28,40H2,1H3. The molecule has 1 heterocycles. The van der Waals surface area contributed by atoms with Crippen LogP contribution in [0, 0.1) is 0 Å². The van der Waals surface area contributed by atoms with Crippen LogP contribution in [0.2, 0.25) is 0 Å². The van der Waals surface area contributed by atoms with Crippen LogP contribution in [-0.2, 0) is 5.41 Å². The molecule has 2 aliphatic carbocycles. The minimum atomic E-state index is -0.163. The summed E-state index contributed by atoms with van der Waals surface area (Å²) in [6.45, 7) is 2.38. The Labute approximate surface area is 421 Å². The van der Waals surface area contributed by atoms with Gasteiger partial charge in [0, 0.05) is 16.7 Å². The summed E-state index contributed by atoms with van der Waals surface area (Å²) in [5.74, 6) is 0.972. The first-order valence-electron chi connectivity index (χ1n) is 25.3. The van der Waals surface area contributed by atoms with E-state index in [4.69, 9.17) is 4.98 Å². The zero-order chi connectivity index (χ0) is 48.0. The van der Waals surface area contributed by atoms with E-state index in [-0.39, 0.29) is 5.41 Å². The summed E-state index contributed by atoms with van der Waals surface area (Å²) >= 11 is 0. The molecule has 72 heavy (non-hydrogen) atoms. The molecule has 13 rings (SSSR count).